The normalized spacial score (nSPS) is 10.6. The van der Waals surface area contributed by atoms with Crippen molar-refractivity contribution in [2.45, 2.75) is 39.8 Å². The zero-order valence-electron chi connectivity index (χ0n) is 11.1. The lowest BCUT2D eigenvalue weighted by atomic mass is 10.1. The summed E-state index contributed by atoms with van der Waals surface area (Å²) in [4.78, 5) is 0. The largest absolute Gasteiger partial charge is 0.365 e. The van der Waals surface area contributed by atoms with E-state index in [-0.39, 0.29) is 0 Å². The van der Waals surface area contributed by atoms with Gasteiger partial charge in [-0.25, -0.2) is 4.68 Å². The fraction of sp³-hybridized carbons (Fsp3) is 0.429. The van der Waals surface area contributed by atoms with Crippen LogP contribution in [0.4, 0.5) is 5.82 Å². The maximum atomic E-state index is 4.05. The molecule has 4 heteroatoms. The van der Waals surface area contributed by atoms with Gasteiger partial charge in [-0.1, -0.05) is 43.3 Å². The van der Waals surface area contributed by atoms with Crippen LogP contribution < -0.4 is 5.32 Å². The van der Waals surface area contributed by atoms with Crippen molar-refractivity contribution in [1.29, 1.82) is 0 Å². The summed E-state index contributed by atoms with van der Waals surface area (Å²) in [6.07, 6.45) is 3.92. The molecule has 96 valence electrons. The first-order chi connectivity index (χ1) is 8.83. The Balaban J connectivity index is 1.95. The zero-order valence-corrected chi connectivity index (χ0v) is 11.1. The molecule has 0 saturated heterocycles. The zero-order chi connectivity index (χ0) is 12.8. The van der Waals surface area contributed by atoms with Crippen molar-refractivity contribution >= 4 is 5.82 Å². The summed E-state index contributed by atoms with van der Waals surface area (Å²) >= 11 is 0. The summed E-state index contributed by atoms with van der Waals surface area (Å²) in [5.41, 5.74) is 2.65. The van der Waals surface area contributed by atoms with Gasteiger partial charge in [-0.2, -0.15) is 0 Å². The summed E-state index contributed by atoms with van der Waals surface area (Å²) < 4.78 is 1.90. The Morgan fingerprint density at radius 3 is 2.50 bits per heavy atom. The molecule has 0 bridgehead atoms. The molecule has 0 fully saturated rings. The molecule has 0 aliphatic carbocycles. The summed E-state index contributed by atoms with van der Waals surface area (Å²) in [6, 6.07) is 8.69. The molecule has 0 aliphatic rings. The second-order valence-corrected chi connectivity index (χ2v) is 4.37. The predicted octanol–water partition coefficient (Wildman–Crippen LogP) is 2.86. The van der Waals surface area contributed by atoms with Crippen molar-refractivity contribution in [1.82, 2.24) is 15.0 Å². The van der Waals surface area contributed by atoms with Crippen LogP contribution in [0.5, 0.6) is 0 Å². The highest BCUT2D eigenvalue weighted by Gasteiger charge is 2.02. The van der Waals surface area contributed by atoms with Gasteiger partial charge in [-0.05, 0) is 24.0 Å². The minimum Gasteiger partial charge on any atom is -0.365 e. The van der Waals surface area contributed by atoms with Crippen LogP contribution in [0.1, 0.15) is 31.4 Å². The lowest BCUT2D eigenvalue weighted by Gasteiger charge is -2.08. The van der Waals surface area contributed by atoms with Crippen LogP contribution in [0, 0.1) is 0 Å². The maximum absolute atomic E-state index is 4.05. The van der Waals surface area contributed by atoms with E-state index in [1.807, 2.05) is 4.68 Å². The third kappa shape index (κ3) is 3.09. The molecule has 0 atom stereocenters. The molecule has 1 aromatic heterocycles. The van der Waals surface area contributed by atoms with Crippen molar-refractivity contribution in [3.63, 3.8) is 0 Å². The van der Waals surface area contributed by atoms with Gasteiger partial charge >= 0.3 is 0 Å². The van der Waals surface area contributed by atoms with Gasteiger partial charge < -0.3 is 5.32 Å². The molecule has 0 saturated carbocycles. The van der Waals surface area contributed by atoms with Crippen LogP contribution >= 0.6 is 0 Å². The lowest BCUT2D eigenvalue weighted by Crippen LogP contribution is -2.07. The minimum atomic E-state index is 0.807. The van der Waals surface area contributed by atoms with Crippen LogP contribution in [-0.2, 0) is 19.5 Å². The lowest BCUT2D eigenvalue weighted by molar-refractivity contribution is 0.583. The maximum Gasteiger partial charge on any atom is 0.145 e. The molecule has 18 heavy (non-hydrogen) atoms. The van der Waals surface area contributed by atoms with E-state index in [9.17, 15) is 0 Å². The number of aryl methyl sites for hydroxylation is 2. The predicted molar refractivity (Wildman–Crippen MR) is 73.5 cm³/mol. The van der Waals surface area contributed by atoms with Gasteiger partial charge in [0, 0.05) is 13.1 Å². The fourth-order valence-electron chi connectivity index (χ4n) is 1.86. The molecule has 1 aromatic carbocycles. The first-order valence-corrected chi connectivity index (χ1v) is 6.53. The van der Waals surface area contributed by atoms with Crippen LogP contribution in [0.3, 0.4) is 0 Å². The Hall–Kier alpha value is -1.84. The van der Waals surface area contributed by atoms with Gasteiger partial charge in [0.05, 0.1) is 6.20 Å². The summed E-state index contributed by atoms with van der Waals surface area (Å²) in [6.45, 7) is 6.01. The standard InChI is InChI=1S/C14H20N4/c1-3-9-18-14(11-16-17-18)15-10-13-7-5-12(4-2)6-8-13/h5-8,11,15H,3-4,9-10H2,1-2H3. The summed E-state index contributed by atoms with van der Waals surface area (Å²) in [7, 11) is 0. The van der Waals surface area contributed by atoms with E-state index in [0.29, 0.717) is 0 Å². The highest BCUT2D eigenvalue weighted by atomic mass is 15.4. The fourth-order valence-corrected chi connectivity index (χ4v) is 1.86. The highest BCUT2D eigenvalue weighted by molar-refractivity contribution is 5.33. The van der Waals surface area contributed by atoms with Crippen molar-refractivity contribution in [2.75, 3.05) is 5.32 Å². The Labute approximate surface area is 108 Å². The van der Waals surface area contributed by atoms with E-state index in [0.717, 1.165) is 31.7 Å². The minimum absolute atomic E-state index is 0.807. The van der Waals surface area contributed by atoms with Crippen LogP contribution in [-0.4, -0.2) is 15.0 Å². The Kier molecular flexibility index (Phi) is 4.34. The number of anilines is 1. The first kappa shape index (κ1) is 12.6. The number of nitrogens with one attached hydrogen (secondary N) is 1. The molecular weight excluding hydrogens is 224 g/mol. The number of nitrogens with zero attached hydrogens (tertiary/aromatic N) is 3. The van der Waals surface area contributed by atoms with E-state index in [1.54, 1.807) is 6.20 Å². The quantitative estimate of drug-likeness (QED) is 0.849. The molecule has 2 aromatic rings. The third-order valence-corrected chi connectivity index (χ3v) is 2.96. The highest BCUT2D eigenvalue weighted by Crippen LogP contribution is 2.09. The molecule has 4 nitrogen and oxygen atoms in total. The van der Waals surface area contributed by atoms with Crippen LogP contribution in [0.25, 0.3) is 0 Å². The Morgan fingerprint density at radius 1 is 1.11 bits per heavy atom. The SMILES string of the molecule is CCCn1nncc1NCc1ccc(CC)cc1. The monoisotopic (exact) mass is 244 g/mol. The van der Waals surface area contributed by atoms with Gasteiger partial charge in [0.25, 0.3) is 0 Å². The van der Waals surface area contributed by atoms with Crippen molar-refractivity contribution < 1.29 is 0 Å². The third-order valence-electron chi connectivity index (χ3n) is 2.96. The topological polar surface area (TPSA) is 42.7 Å². The average Bonchev–Trinajstić information content (AvgIpc) is 2.85. The molecule has 0 spiro atoms. The van der Waals surface area contributed by atoms with E-state index in [4.69, 9.17) is 0 Å². The number of rotatable bonds is 6. The van der Waals surface area contributed by atoms with Gasteiger partial charge in [-0.3, -0.25) is 0 Å². The van der Waals surface area contributed by atoms with Crippen LogP contribution in [0.2, 0.25) is 0 Å². The molecule has 0 radical (unpaired) electrons. The first-order valence-electron chi connectivity index (χ1n) is 6.53. The smallest absolute Gasteiger partial charge is 0.145 e. The number of hydrogen-bond acceptors (Lipinski definition) is 3. The van der Waals surface area contributed by atoms with E-state index in [2.05, 4.69) is 53.7 Å². The molecule has 0 aliphatic heterocycles. The Bertz CT molecular complexity index is 473. The van der Waals surface area contributed by atoms with Crippen molar-refractivity contribution in [3.8, 4) is 0 Å². The molecular formula is C14H20N4. The Morgan fingerprint density at radius 2 is 1.83 bits per heavy atom. The van der Waals surface area contributed by atoms with Gasteiger partial charge in [0.2, 0.25) is 0 Å². The summed E-state index contributed by atoms with van der Waals surface area (Å²) in [5, 5.41) is 11.4. The second kappa shape index (κ2) is 6.19. The van der Waals surface area contributed by atoms with Crippen LogP contribution in [0.15, 0.2) is 30.5 Å². The number of hydrogen-bond donors (Lipinski definition) is 1. The van der Waals surface area contributed by atoms with Gasteiger partial charge in [-0.15, -0.1) is 5.10 Å². The molecule has 1 N–H and O–H groups in total. The molecule has 2 rings (SSSR count). The average molecular weight is 244 g/mol. The van der Waals surface area contributed by atoms with Crippen molar-refractivity contribution in [3.05, 3.63) is 41.6 Å². The number of benzene rings is 1. The summed E-state index contributed by atoms with van der Waals surface area (Å²) in [5.74, 6) is 0.983. The van der Waals surface area contributed by atoms with E-state index in [1.165, 1.54) is 11.1 Å². The molecule has 1 heterocycles. The number of aromatic nitrogens is 3. The molecule has 0 unspecified atom stereocenters. The second-order valence-electron chi connectivity index (χ2n) is 4.37. The van der Waals surface area contributed by atoms with Crippen molar-refractivity contribution in [2.24, 2.45) is 0 Å². The van der Waals surface area contributed by atoms with E-state index < -0.39 is 0 Å². The van der Waals surface area contributed by atoms with Gasteiger partial charge in [0.15, 0.2) is 0 Å². The molecule has 0 amide bonds. The van der Waals surface area contributed by atoms with Gasteiger partial charge in [0.1, 0.15) is 5.82 Å². The van der Waals surface area contributed by atoms with E-state index >= 15 is 0 Å².